The summed E-state index contributed by atoms with van der Waals surface area (Å²) in [5.74, 6) is -3.19. The molecule has 2 saturated heterocycles. The van der Waals surface area contributed by atoms with Crippen LogP contribution in [0.1, 0.15) is 26.2 Å². The highest BCUT2D eigenvalue weighted by atomic mass is 35.5. The van der Waals surface area contributed by atoms with E-state index in [1.807, 2.05) is 12.2 Å². The van der Waals surface area contributed by atoms with E-state index in [2.05, 4.69) is 0 Å². The number of carbonyl (C=O) groups is 3. The van der Waals surface area contributed by atoms with Gasteiger partial charge in [-0.3, -0.25) is 14.4 Å². The van der Waals surface area contributed by atoms with Crippen molar-refractivity contribution in [3.05, 3.63) is 53.6 Å². The van der Waals surface area contributed by atoms with E-state index in [1.54, 1.807) is 43.3 Å². The number of nitrogens with zero attached hydrogens (tertiary/aromatic N) is 2. The molecule has 1 aromatic rings. The maximum atomic E-state index is 14.1. The van der Waals surface area contributed by atoms with Gasteiger partial charge < -0.3 is 24.4 Å². The maximum Gasteiger partial charge on any atom is 0.313 e. The number of hydrogen-bond donors (Lipinski definition) is 1. The second-order valence-electron chi connectivity index (χ2n) is 9.62. The zero-order valence-electron chi connectivity index (χ0n) is 19.6. The molecule has 0 aliphatic carbocycles. The van der Waals surface area contributed by atoms with E-state index in [9.17, 15) is 19.5 Å². The number of rotatable bonds is 3. The highest BCUT2D eigenvalue weighted by Gasteiger charge is 2.74. The summed E-state index contributed by atoms with van der Waals surface area (Å²) >= 11 is 6.42. The first-order chi connectivity index (χ1) is 16.8. The lowest BCUT2D eigenvalue weighted by molar-refractivity contribution is -0.158. The fourth-order valence-electron chi connectivity index (χ4n) is 6.03. The summed E-state index contributed by atoms with van der Waals surface area (Å²) in [6.07, 6.45) is 9.76. The number of aliphatic hydroxyl groups is 1. The normalized spacial score (nSPS) is 35.7. The van der Waals surface area contributed by atoms with E-state index in [-0.39, 0.29) is 32.2 Å². The number of esters is 1. The van der Waals surface area contributed by atoms with Gasteiger partial charge in [0.05, 0.1) is 35.4 Å². The standard InChI is InChI=1S/C26H29ClN2O6/c1-25-11-6-2-3-7-16-34-24(33)20(25)19-22(31)29(14-15-30)21-23(32)28(13-8-12-26(19,21)35-25)18-10-5-4-9-17(18)27/h4-6,8-12,19-21,30H,2-3,7,13-16H2,1H3/b11-6-/t19-,20-,21?,25+,26-/m0/s1. The number of para-hydroxylation sites is 1. The largest absolute Gasteiger partial charge is 0.465 e. The Morgan fingerprint density at radius 1 is 1.09 bits per heavy atom. The monoisotopic (exact) mass is 500 g/mol. The molecule has 4 heterocycles. The van der Waals surface area contributed by atoms with Crippen LogP contribution >= 0.6 is 11.6 Å². The van der Waals surface area contributed by atoms with Gasteiger partial charge >= 0.3 is 5.97 Å². The molecule has 2 fully saturated rings. The molecule has 1 aromatic carbocycles. The average molecular weight is 501 g/mol. The first-order valence-electron chi connectivity index (χ1n) is 12.0. The summed E-state index contributed by atoms with van der Waals surface area (Å²) in [5.41, 5.74) is -2.01. The number of cyclic esters (lactones) is 1. The average Bonchev–Trinajstić information content (AvgIpc) is 3.15. The van der Waals surface area contributed by atoms with Crippen LogP contribution in [0.5, 0.6) is 0 Å². The van der Waals surface area contributed by atoms with E-state index in [0.717, 1.165) is 19.3 Å². The third-order valence-corrected chi connectivity index (χ3v) is 7.80. The summed E-state index contributed by atoms with van der Waals surface area (Å²) in [5, 5.41) is 10.2. The highest BCUT2D eigenvalue weighted by Crippen LogP contribution is 2.57. The van der Waals surface area contributed by atoms with Gasteiger partial charge in [0.15, 0.2) is 0 Å². The molecular formula is C26H29ClN2O6. The minimum atomic E-state index is -1.39. The number of benzene rings is 1. The van der Waals surface area contributed by atoms with Crippen molar-refractivity contribution >= 4 is 35.1 Å². The van der Waals surface area contributed by atoms with Crippen molar-refractivity contribution < 1.29 is 29.0 Å². The molecule has 5 atom stereocenters. The SMILES string of the molecule is C[C@@]12/C=C\CCCCOC(=O)[C@@H]1[C@H]1C(=O)N(CCO)C3C(=O)N(c4ccccc4Cl)CC=C[C@@]31O2. The van der Waals surface area contributed by atoms with Crippen LogP contribution in [-0.4, -0.2) is 71.3 Å². The van der Waals surface area contributed by atoms with Crippen LogP contribution in [0.4, 0.5) is 5.69 Å². The molecule has 2 amide bonds. The predicted molar refractivity (Wildman–Crippen MR) is 129 cm³/mol. The van der Waals surface area contributed by atoms with E-state index in [1.165, 1.54) is 9.80 Å². The molecule has 1 spiro atoms. The van der Waals surface area contributed by atoms with E-state index in [4.69, 9.17) is 21.1 Å². The number of likely N-dealkylation sites (tertiary alicyclic amines) is 1. The Labute approximate surface area is 209 Å². The quantitative estimate of drug-likeness (QED) is 0.506. The lowest BCUT2D eigenvalue weighted by Gasteiger charge is -2.37. The van der Waals surface area contributed by atoms with Crippen molar-refractivity contribution in [1.29, 1.82) is 0 Å². The summed E-state index contributed by atoms with van der Waals surface area (Å²) < 4.78 is 12.3. The fourth-order valence-corrected chi connectivity index (χ4v) is 6.27. The van der Waals surface area contributed by atoms with Crippen molar-refractivity contribution in [2.45, 2.75) is 43.4 Å². The molecule has 0 aromatic heterocycles. The molecule has 0 radical (unpaired) electrons. The second kappa shape index (κ2) is 9.08. The lowest BCUT2D eigenvalue weighted by atomic mass is 9.74. The number of fused-ring (bicyclic) bond motifs is 2. The van der Waals surface area contributed by atoms with Crippen molar-refractivity contribution in [1.82, 2.24) is 4.90 Å². The first-order valence-corrected chi connectivity index (χ1v) is 12.4. The Hall–Kier alpha value is -2.68. The number of halogens is 1. The van der Waals surface area contributed by atoms with Gasteiger partial charge in [0.1, 0.15) is 17.6 Å². The molecule has 1 unspecified atom stereocenters. The number of ether oxygens (including phenoxy) is 2. The molecule has 35 heavy (non-hydrogen) atoms. The van der Waals surface area contributed by atoms with Gasteiger partial charge in [0.2, 0.25) is 5.91 Å². The fraction of sp³-hybridized carbons (Fsp3) is 0.500. The number of aliphatic hydroxyl groups excluding tert-OH is 1. The van der Waals surface area contributed by atoms with Gasteiger partial charge in [-0.05, 0) is 38.3 Å². The van der Waals surface area contributed by atoms with Crippen LogP contribution in [0.25, 0.3) is 0 Å². The summed E-state index contributed by atoms with van der Waals surface area (Å²) in [4.78, 5) is 44.2. The number of hydrogen-bond acceptors (Lipinski definition) is 6. The van der Waals surface area contributed by atoms with Crippen LogP contribution in [0, 0.1) is 11.8 Å². The van der Waals surface area contributed by atoms with Gasteiger partial charge in [0, 0.05) is 13.1 Å². The molecule has 186 valence electrons. The number of amides is 2. The number of allylic oxidation sites excluding steroid dienone is 1. The van der Waals surface area contributed by atoms with E-state index >= 15 is 0 Å². The Morgan fingerprint density at radius 2 is 1.89 bits per heavy atom. The topological polar surface area (TPSA) is 96.4 Å². The minimum absolute atomic E-state index is 0.0601. The molecule has 4 aliphatic rings. The van der Waals surface area contributed by atoms with Crippen LogP contribution in [-0.2, 0) is 23.9 Å². The van der Waals surface area contributed by atoms with Crippen LogP contribution in [0.3, 0.4) is 0 Å². The van der Waals surface area contributed by atoms with Crippen LogP contribution in [0.15, 0.2) is 48.6 Å². The Balaban J connectivity index is 1.65. The summed E-state index contributed by atoms with van der Waals surface area (Å²) in [6.45, 7) is 1.88. The van der Waals surface area contributed by atoms with Gasteiger partial charge in [-0.1, -0.05) is 48.0 Å². The molecule has 1 N–H and O–H groups in total. The molecule has 9 heteroatoms. The Kier molecular flexibility index (Phi) is 6.23. The predicted octanol–water partition coefficient (Wildman–Crippen LogP) is 2.49. The molecule has 0 saturated carbocycles. The zero-order chi connectivity index (χ0) is 24.8. The van der Waals surface area contributed by atoms with Gasteiger partial charge in [-0.15, -0.1) is 0 Å². The first kappa shape index (κ1) is 24.0. The Morgan fingerprint density at radius 3 is 2.66 bits per heavy atom. The van der Waals surface area contributed by atoms with Gasteiger partial charge in [0.25, 0.3) is 5.91 Å². The molecule has 8 nitrogen and oxygen atoms in total. The number of β-amino-alcohol motifs (C(OH)–C–C–N with tert-alkyl or cyclic N) is 1. The summed E-state index contributed by atoms with van der Waals surface area (Å²) in [6, 6.07) is 5.94. The van der Waals surface area contributed by atoms with Crippen molar-refractivity contribution in [2.75, 3.05) is 31.2 Å². The number of carbonyl (C=O) groups excluding carboxylic acids is 3. The Bertz CT molecular complexity index is 1110. The van der Waals surface area contributed by atoms with E-state index in [0.29, 0.717) is 10.7 Å². The summed E-state index contributed by atoms with van der Waals surface area (Å²) in [7, 11) is 0. The molecule has 0 bridgehead atoms. The second-order valence-corrected chi connectivity index (χ2v) is 10.0. The highest BCUT2D eigenvalue weighted by molar-refractivity contribution is 6.34. The van der Waals surface area contributed by atoms with Crippen LogP contribution in [0.2, 0.25) is 5.02 Å². The molecule has 4 aliphatic heterocycles. The van der Waals surface area contributed by atoms with Crippen molar-refractivity contribution in [3.8, 4) is 0 Å². The third kappa shape index (κ3) is 3.70. The minimum Gasteiger partial charge on any atom is -0.465 e. The van der Waals surface area contributed by atoms with E-state index < -0.39 is 41.0 Å². The lowest BCUT2D eigenvalue weighted by Crippen LogP contribution is -2.56. The van der Waals surface area contributed by atoms with Crippen molar-refractivity contribution in [3.63, 3.8) is 0 Å². The van der Waals surface area contributed by atoms with Gasteiger partial charge in [-0.25, -0.2) is 0 Å². The smallest absolute Gasteiger partial charge is 0.313 e. The maximum absolute atomic E-state index is 14.1. The van der Waals surface area contributed by atoms with Crippen molar-refractivity contribution in [2.24, 2.45) is 11.8 Å². The number of anilines is 1. The van der Waals surface area contributed by atoms with Crippen LogP contribution < -0.4 is 4.90 Å². The zero-order valence-corrected chi connectivity index (χ0v) is 20.3. The third-order valence-electron chi connectivity index (χ3n) is 7.48. The molecule has 5 rings (SSSR count). The molecular weight excluding hydrogens is 472 g/mol. The van der Waals surface area contributed by atoms with Gasteiger partial charge in [-0.2, -0.15) is 0 Å².